The Hall–Kier alpha value is 0.293. The summed E-state index contributed by atoms with van der Waals surface area (Å²) in [5, 5.41) is 2.75. The van der Waals surface area contributed by atoms with Crippen molar-refractivity contribution in [2.75, 3.05) is 0 Å². The van der Waals surface area contributed by atoms with E-state index >= 15 is 0 Å². The van der Waals surface area contributed by atoms with E-state index in [0.717, 1.165) is 0 Å². The molecule has 2 aromatic rings. The Morgan fingerprint density at radius 1 is 1.27 bits per heavy atom. The van der Waals surface area contributed by atoms with Crippen LogP contribution >= 0.6 is 17.0 Å². The van der Waals surface area contributed by atoms with E-state index < -0.39 is 20.8 Å². The monoisotopic (exact) mass is 317 g/mol. The molecule has 0 nitrogen and oxygen atoms in total. The number of halogens is 2. The fourth-order valence-corrected chi connectivity index (χ4v) is 1.65. The first-order chi connectivity index (χ1) is 7.31. The minimum absolute atomic E-state index is 0.826. The number of hydrogen-bond donors (Lipinski definition) is 0. The molecule has 2 aromatic carbocycles. The van der Waals surface area contributed by atoms with E-state index in [1.165, 1.54) is 29.2 Å². The molecule has 0 aliphatic rings. The summed E-state index contributed by atoms with van der Waals surface area (Å²) in [5.74, 6) is 0. The molecule has 0 aliphatic carbocycles. The fourth-order valence-electron chi connectivity index (χ4n) is 1.65. The van der Waals surface area contributed by atoms with Crippen LogP contribution < -0.4 is 0 Å². The number of rotatable bonds is 2. The molecular weight excluding hydrogens is 306 g/mol. The van der Waals surface area contributed by atoms with Gasteiger partial charge in [0.05, 0.1) is 0 Å². The summed E-state index contributed by atoms with van der Waals surface area (Å²) in [6.07, 6.45) is 2.44. The van der Waals surface area contributed by atoms with Crippen molar-refractivity contribution in [3.63, 3.8) is 0 Å². The van der Waals surface area contributed by atoms with Crippen LogP contribution in [0.3, 0.4) is 0 Å². The molecule has 15 heavy (non-hydrogen) atoms. The van der Waals surface area contributed by atoms with Crippen molar-refractivity contribution in [3.8, 4) is 0 Å². The predicted octanol–water partition coefficient (Wildman–Crippen LogP) is 4.89. The topological polar surface area (TPSA) is 0 Å². The van der Waals surface area contributed by atoms with Crippen LogP contribution in [0.4, 0.5) is 0 Å². The van der Waals surface area contributed by atoms with Crippen LogP contribution in [0.25, 0.3) is 10.8 Å². The van der Waals surface area contributed by atoms with Crippen LogP contribution in [-0.4, -0.2) is 0 Å². The molecule has 0 saturated carbocycles. The van der Waals surface area contributed by atoms with E-state index in [1.54, 1.807) is 0 Å². The van der Waals surface area contributed by atoms with Gasteiger partial charge in [0.1, 0.15) is 0 Å². The van der Waals surface area contributed by atoms with Gasteiger partial charge >= 0.3 is 37.9 Å². The van der Waals surface area contributed by atoms with Gasteiger partial charge in [-0.3, -0.25) is 0 Å². The van der Waals surface area contributed by atoms with Gasteiger partial charge in [0.25, 0.3) is 0 Å². The summed E-state index contributed by atoms with van der Waals surface area (Å²) in [6.45, 7) is 2.22. The third-order valence-electron chi connectivity index (χ3n) is 2.22. The second-order valence-electron chi connectivity index (χ2n) is 3.31. The van der Waals surface area contributed by atoms with Gasteiger partial charge < -0.3 is 0 Å². The van der Waals surface area contributed by atoms with Gasteiger partial charge in [-0.05, 0) is 6.42 Å². The quantitative estimate of drug-likeness (QED) is 0.692. The predicted molar refractivity (Wildman–Crippen MR) is 65.2 cm³/mol. The molecule has 0 saturated heterocycles. The van der Waals surface area contributed by atoms with Crippen molar-refractivity contribution in [1.82, 2.24) is 0 Å². The molecule has 3 heteroatoms. The Kier molecular flexibility index (Phi) is 6.72. The molecule has 0 heterocycles. The molecule has 0 unspecified atom stereocenters. The van der Waals surface area contributed by atoms with Crippen molar-refractivity contribution in [3.05, 3.63) is 42.0 Å². The molecule has 80 valence electrons. The van der Waals surface area contributed by atoms with E-state index in [1.807, 2.05) is 0 Å². The van der Waals surface area contributed by atoms with Gasteiger partial charge in [-0.2, -0.15) is 6.07 Å². The van der Waals surface area contributed by atoms with Crippen LogP contribution in [-0.2, 0) is 27.3 Å². The fraction of sp³-hybridized carbons (Fsp3) is 0.250. The van der Waals surface area contributed by atoms with E-state index in [0.29, 0.717) is 0 Å². The van der Waals surface area contributed by atoms with Crippen molar-refractivity contribution >= 4 is 27.8 Å². The van der Waals surface area contributed by atoms with Crippen LogP contribution in [0.5, 0.6) is 0 Å². The zero-order valence-corrected chi connectivity index (χ0v) is 12.6. The van der Waals surface area contributed by atoms with Crippen LogP contribution in [0.2, 0.25) is 0 Å². The number of hydrogen-bond acceptors (Lipinski definition) is 0. The third kappa shape index (κ3) is 4.35. The molecule has 0 aromatic heterocycles. The molecule has 0 fully saturated rings. The first-order valence-corrected chi connectivity index (χ1v) is 11.3. The number of benzene rings is 1. The third-order valence-corrected chi connectivity index (χ3v) is 2.22. The molecule has 0 bridgehead atoms. The van der Waals surface area contributed by atoms with E-state index in [2.05, 4.69) is 43.3 Å². The van der Waals surface area contributed by atoms with Gasteiger partial charge in [-0.25, -0.2) is 0 Å². The van der Waals surface area contributed by atoms with Gasteiger partial charge in [0.15, 0.2) is 0 Å². The van der Waals surface area contributed by atoms with E-state index in [4.69, 9.17) is 17.0 Å². The minimum atomic E-state index is -0.826. The van der Waals surface area contributed by atoms with Crippen LogP contribution in [0.1, 0.15) is 18.9 Å². The average molecular weight is 319 g/mol. The Morgan fingerprint density at radius 2 is 1.93 bits per heavy atom. The number of aryl methyl sites for hydroxylation is 1. The standard InChI is InChI=1S/C12H13.2ClH.Zr/c1-2-5-10-8-11-6-3-4-7-12(11)9-10;;;/h3-4,6-9H,2,5H2,1H3;2*1H;/q-1;;;+2/p-2. The average Bonchev–Trinajstić information content (AvgIpc) is 2.61. The second-order valence-corrected chi connectivity index (χ2v) is 7.05. The maximum absolute atomic E-state index is 4.93. The Morgan fingerprint density at radius 3 is 2.53 bits per heavy atom. The summed E-state index contributed by atoms with van der Waals surface area (Å²) in [4.78, 5) is 0. The normalized spacial score (nSPS) is 9.53. The summed E-state index contributed by atoms with van der Waals surface area (Å²) in [6, 6.07) is 13.1. The molecule has 0 amide bonds. The molecule has 0 radical (unpaired) electrons. The zero-order chi connectivity index (χ0) is 11.1. The van der Waals surface area contributed by atoms with Crippen molar-refractivity contribution in [2.45, 2.75) is 19.8 Å². The molecule has 0 spiro atoms. The molecule has 0 atom stereocenters. The van der Waals surface area contributed by atoms with Crippen molar-refractivity contribution < 1.29 is 20.8 Å². The van der Waals surface area contributed by atoms with E-state index in [-0.39, 0.29) is 0 Å². The Labute approximate surface area is 110 Å². The molecular formula is C12H13Cl2Zr-. The Balaban J connectivity index is 0.000000337. The Bertz CT molecular complexity index is 362. The number of fused-ring (bicyclic) bond motifs is 1. The zero-order valence-electron chi connectivity index (χ0n) is 8.63. The second kappa shape index (κ2) is 7.55. The SMILES string of the molecule is CCCc1cc2ccccc2[cH-]1.[Cl][Zr][Cl]. The molecule has 0 aliphatic heterocycles. The molecule has 2 rings (SSSR count). The van der Waals surface area contributed by atoms with Gasteiger partial charge in [-0.1, -0.05) is 19.4 Å². The van der Waals surface area contributed by atoms with Gasteiger partial charge in [0, 0.05) is 0 Å². The van der Waals surface area contributed by atoms with Crippen molar-refractivity contribution in [2.24, 2.45) is 0 Å². The van der Waals surface area contributed by atoms with Gasteiger partial charge in [-0.15, -0.1) is 40.6 Å². The van der Waals surface area contributed by atoms with Gasteiger partial charge in [0.2, 0.25) is 0 Å². The summed E-state index contributed by atoms with van der Waals surface area (Å²) < 4.78 is 0. The summed E-state index contributed by atoms with van der Waals surface area (Å²) in [7, 11) is 9.87. The maximum atomic E-state index is 4.93. The summed E-state index contributed by atoms with van der Waals surface area (Å²) in [5.41, 5.74) is 1.47. The molecule has 0 N–H and O–H groups in total. The summed E-state index contributed by atoms with van der Waals surface area (Å²) >= 11 is -0.826. The first-order valence-electron chi connectivity index (χ1n) is 4.92. The van der Waals surface area contributed by atoms with E-state index in [9.17, 15) is 0 Å². The first kappa shape index (κ1) is 13.4. The van der Waals surface area contributed by atoms with Crippen molar-refractivity contribution in [1.29, 1.82) is 0 Å². The van der Waals surface area contributed by atoms with Crippen LogP contribution in [0, 0.1) is 0 Å². The van der Waals surface area contributed by atoms with Crippen LogP contribution in [0.15, 0.2) is 36.4 Å².